The fourth-order valence-electron chi connectivity index (χ4n) is 1.71. The molecule has 1 unspecified atom stereocenters. The topological polar surface area (TPSA) is 52.6 Å². The van der Waals surface area contributed by atoms with E-state index in [4.69, 9.17) is 8.92 Å². The maximum atomic E-state index is 11.8. The number of hydrogen-bond acceptors (Lipinski definition) is 4. The second kappa shape index (κ2) is 5.16. The monoisotopic (exact) mass is 256 g/mol. The van der Waals surface area contributed by atoms with E-state index in [2.05, 4.69) is 0 Å². The van der Waals surface area contributed by atoms with Crippen LogP contribution in [0.2, 0.25) is 0 Å². The van der Waals surface area contributed by atoms with E-state index < -0.39 is 10.1 Å². The first-order valence-electron chi connectivity index (χ1n) is 5.66. The Morgan fingerprint density at radius 1 is 1.35 bits per heavy atom. The van der Waals surface area contributed by atoms with Crippen LogP contribution < -0.4 is 0 Å². The summed E-state index contributed by atoms with van der Waals surface area (Å²) in [5, 5.41) is 0. The highest BCUT2D eigenvalue weighted by molar-refractivity contribution is 7.86. The average Bonchev–Trinajstić information content (AvgIpc) is 2.80. The quantitative estimate of drug-likeness (QED) is 0.772. The molecule has 94 valence electrons. The summed E-state index contributed by atoms with van der Waals surface area (Å²) in [6, 6.07) is 6.62. The summed E-state index contributed by atoms with van der Waals surface area (Å²) in [7, 11) is -3.64. The molecule has 1 aliphatic heterocycles. The van der Waals surface area contributed by atoms with Crippen molar-refractivity contribution in [3.05, 3.63) is 29.8 Å². The van der Waals surface area contributed by atoms with Gasteiger partial charge in [0.15, 0.2) is 0 Å². The van der Waals surface area contributed by atoms with Crippen LogP contribution in [0, 0.1) is 6.92 Å². The molecule has 1 aromatic carbocycles. The molecule has 1 aromatic rings. The molecule has 4 nitrogen and oxygen atoms in total. The van der Waals surface area contributed by atoms with Crippen molar-refractivity contribution in [2.24, 2.45) is 0 Å². The SMILES string of the molecule is Cc1ccc(S(=O)(=O)OCC2CCCO2)cc1. The minimum absolute atomic E-state index is 0.0878. The van der Waals surface area contributed by atoms with E-state index in [0.717, 1.165) is 18.4 Å². The van der Waals surface area contributed by atoms with E-state index in [-0.39, 0.29) is 17.6 Å². The van der Waals surface area contributed by atoms with Gasteiger partial charge in [0.25, 0.3) is 10.1 Å². The van der Waals surface area contributed by atoms with Crippen molar-refractivity contribution < 1.29 is 17.3 Å². The zero-order valence-electron chi connectivity index (χ0n) is 9.76. The molecule has 0 saturated carbocycles. The van der Waals surface area contributed by atoms with Crippen LogP contribution in [0.3, 0.4) is 0 Å². The van der Waals surface area contributed by atoms with Gasteiger partial charge in [-0.15, -0.1) is 0 Å². The van der Waals surface area contributed by atoms with E-state index in [1.807, 2.05) is 6.92 Å². The number of hydrogen-bond donors (Lipinski definition) is 0. The lowest BCUT2D eigenvalue weighted by Crippen LogP contribution is -2.18. The minimum atomic E-state index is -3.64. The van der Waals surface area contributed by atoms with Gasteiger partial charge in [0.2, 0.25) is 0 Å². The first-order valence-corrected chi connectivity index (χ1v) is 7.06. The molecular formula is C12H16O4S. The summed E-state index contributed by atoms with van der Waals surface area (Å²) in [5.74, 6) is 0. The zero-order valence-corrected chi connectivity index (χ0v) is 10.6. The van der Waals surface area contributed by atoms with Crippen LogP contribution in [0.1, 0.15) is 18.4 Å². The summed E-state index contributed by atoms with van der Waals surface area (Å²) >= 11 is 0. The second-order valence-corrected chi connectivity index (χ2v) is 5.80. The van der Waals surface area contributed by atoms with Crippen LogP contribution >= 0.6 is 0 Å². The number of ether oxygens (including phenoxy) is 1. The van der Waals surface area contributed by atoms with E-state index >= 15 is 0 Å². The normalized spacial score (nSPS) is 20.6. The summed E-state index contributed by atoms with van der Waals surface area (Å²) in [6.45, 7) is 2.71. The van der Waals surface area contributed by atoms with Gasteiger partial charge in [-0.2, -0.15) is 8.42 Å². The molecule has 1 atom stereocenters. The third-order valence-electron chi connectivity index (χ3n) is 2.74. The van der Waals surface area contributed by atoms with Crippen LogP contribution in [-0.4, -0.2) is 27.7 Å². The Bertz CT molecular complexity index is 458. The molecule has 1 saturated heterocycles. The Morgan fingerprint density at radius 2 is 2.06 bits per heavy atom. The summed E-state index contributed by atoms with van der Waals surface area (Å²) in [4.78, 5) is 0.195. The molecule has 0 aromatic heterocycles. The number of benzene rings is 1. The van der Waals surface area contributed by atoms with E-state index in [1.54, 1.807) is 24.3 Å². The predicted molar refractivity (Wildman–Crippen MR) is 63.3 cm³/mol. The van der Waals surface area contributed by atoms with Gasteiger partial charge in [-0.1, -0.05) is 17.7 Å². The first kappa shape index (κ1) is 12.5. The lowest BCUT2D eigenvalue weighted by Gasteiger charge is -2.10. The van der Waals surface area contributed by atoms with Crippen molar-refractivity contribution in [3.8, 4) is 0 Å². The van der Waals surface area contributed by atoms with E-state index in [0.29, 0.717) is 6.61 Å². The lowest BCUT2D eigenvalue weighted by atomic mass is 10.2. The van der Waals surface area contributed by atoms with Gasteiger partial charge in [0.1, 0.15) is 0 Å². The molecule has 0 bridgehead atoms. The number of aryl methyl sites for hydroxylation is 1. The van der Waals surface area contributed by atoms with Gasteiger partial charge in [0.05, 0.1) is 17.6 Å². The van der Waals surface area contributed by atoms with Crippen molar-refractivity contribution >= 4 is 10.1 Å². The Hall–Kier alpha value is -0.910. The van der Waals surface area contributed by atoms with Crippen LogP contribution in [-0.2, 0) is 19.0 Å². The molecule has 0 aliphatic carbocycles. The van der Waals surface area contributed by atoms with Crippen molar-refractivity contribution in [2.75, 3.05) is 13.2 Å². The first-order chi connectivity index (χ1) is 8.08. The van der Waals surface area contributed by atoms with Crippen molar-refractivity contribution in [2.45, 2.75) is 30.8 Å². The highest BCUT2D eigenvalue weighted by Gasteiger charge is 2.21. The Kier molecular flexibility index (Phi) is 3.81. The fraction of sp³-hybridized carbons (Fsp3) is 0.500. The molecule has 1 aliphatic rings. The molecular weight excluding hydrogens is 240 g/mol. The lowest BCUT2D eigenvalue weighted by molar-refractivity contribution is 0.0701. The molecule has 0 N–H and O–H groups in total. The Labute approximate surface area is 102 Å². The molecule has 0 radical (unpaired) electrons. The molecule has 0 spiro atoms. The predicted octanol–water partition coefficient (Wildman–Crippen LogP) is 1.88. The van der Waals surface area contributed by atoms with Gasteiger partial charge in [0, 0.05) is 6.61 Å². The van der Waals surface area contributed by atoms with Crippen LogP contribution in [0.4, 0.5) is 0 Å². The van der Waals surface area contributed by atoms with Gasteiger partial charge >= 0.3 is 0 Å². The van der Waals surface area contributed by atoms with E-state index in [1.165, 1.54) is 0 Å². The van der Waals surface area contributed by atoms with Crippen molar-refractivity contribution in [3.63, 3.8) is 0 Å². The Balaban J connectivity index is 2.00. The van der Waals surface area contributed by atoms with Gasteiger partial charge in [-0.3, -0.25) is 4.18 Å². The maximum Gasteiger partial charge on any atom is 0.297 e. The third-order valence-corrected chi connectivity index (χ3v) is 4.04. The van der Waals surface area contributed by atoms with Gasteiger partial charge in [-0.25, -0.2) is 0 Å². The van der Waals surface area contributed by atoms with Gasteiger partial charge in [-0.05, 0) is 31.9 Å². The molecule has 5 heteroatoms. The molecule has 1 fully saturated rings. The third kappa shape index (κ3) is 3.28. The van der Waals surface area contributed by atoms with E-state index in [9.17, 15) is 8.42 Å². The summed E-state index contributed by atoms with van der Waals surface area (Å²) in [6.07, 6.45) is 1.75. The van der Waals surface area contributed by atoms with Crippen LogP contribution in [0.25, 0.3) is 0 Å². The average molecular weight is 256 g/mol. The molecule has 0 amide bonds. The summed E-state index contributed by atoms with van der Waals surface area (Å²) in [5.41, 5.74) is 1.02. The highest BCUT2D eigenvalue weighted by atomic mass is 32.2. The number of rotatable bonds is 4. The van der Waals surface area contributed by atoms with Crippen molar-refractivity contribution in [1.82, 2.24) is 0 Å². The highest BCUT2D eigenvalue weighted by Crippen LogP contribution is 2.17. The largest absolute Gasteiger partial charge is 0.376 e. The van der Waals surface area contributed by atoms with Crippen molar-refractivity contribution in [1.29, 1.82) is 0 Å². The second-order valence-electron chi connectivity index (χ2n) is 4.19. The van der Waals surface area contributed by atoms with Crippen LogP contribution in [0.15, 0.2) is 29.2 Å². The van der Waals surface area contributed by atoms with Crippen LogP contribution in [0.5, 0.6) is 0 Å². The minimum Gasteiger partial charge on any atom is -0.376 e. The Morgan fingerprint density at radius 3 is 2.65 bits per heavy atom. The standard InChI is InChI=1S/C12H16O4S/c1-10-4-6-12(7-5-10)17(13,14)16-9-11-3-2-8-15-11/h4-7,11H,2-3,8-9H2,1H3. The molecule has 1 heterocycles. The smallest absolute Gasteiger partial charge is 0.297 e. The summed E-state index contributed by atoms with van der Waals surface area (Å²) < 4.78 is 33.9. The molecule has 2 rings (SSSR count). The van der Waals surface area contributed by atoms with Gasteiger partial charge < -0.3 is 4.74 Å². The molecule has 17 heavy (non-hydrogen) atoms. The maximum absolute atomic E-state index is 11.8. The zero-order chi connectivity index (χ0) is 12.3. The fourth-order valence-corrected chi connectivity index (χ4v) is 2.65.